The summed E-state index contributed by atoms with van der Waals surface area (Å²) in [7, 11) is 0. The Hall–Kier alpha value is -1.06. The van der Waals surface area contributed by atoms with E-state index < -0.39 is 5.54 Å². The molecule has 0 heterocycles. The molecule has 1 atom stereocenters. The van der Waals surface area contributed by atoms with Crippen molar-refractivity contribution in [3.63, 3.8) is 0 Å². The SMILES string of the molecule is CC(NC(=O)C1(N)CCCCC1)c1ccccc1Cl. The van der Waals surface area contributed by atoms with Crippen LogP contribution < -0.4 is 11.1 Å². The standard InChI is InChI=1S/C15H21ClN2O/c1-11(12-7-3-4-8-13(12)16)18-14(19)15(17)9-5-2-6-10-15/h3-4,7-8,11H,2,5-6,9-10,17H2,1H3,(H,18,19). The lowest BCUT2D eigenvalue weighted by Crippen LogP contribution is -2.55. The number of amides is 1. The van der Waals surface area contributed by atoms with E-state index in [4.69, 9.17) is 17.3 Å². The first kappa shape index (κ1) is 14.4. The van der Waals surface area contributed by atoms with E-state index in [9.17, 15) is 4.79 Å². The van der Waals surface area contributed by atoms with Crippen LogP contribution in [0.1, 0.15) is 50.6 Å². The van der Waals surface area contributed by atoms with Gasteiger partial charge in [0, 0.05) is 5.02 Å². The van der Waals surface area contributed by atoms with Gasteiger partial charge in [-0.1, -0.05) is 49.1 Å². The molecule has 0 aromatic heterocycles. The van der Waals surface area contributed by atoms with E-state index in [0.717, 1.165) is 31.2 Å². The molecular weight excluding hydrogens is 260 g/mol. The van der Waals surface area contributed by atoms with Gasteiger partial charge in [0.1, 0.15) is 0 Å². The van der Waals surface area contributed by atoms with E-state index in [2.05, 4.69) is 5.32 Å². The number of rotatable bonds is 3. The van der Waals surface area contributed by atoms with Crippen LogP contribution in [0.4, 0.5) is 0 Å². The number of halogens is 1. The molecule has 19 heavy (non-hydrogen) atoms. The minimum atomic E-state index is -0.701. The van der Waals surface area contributed by atoms with E-state index in [-0.39, 0.29) is 11.9 Å². The second-order valence-corrected chi connectivity index (χ2v) is 5.84. The van der Waals surface area contributed by atoms with Gasteiger partial charge in [-0.05, 0) is 31.4 Å². The molecule has 1 aromatic carbocycles. The van der Waals surface area contributed by atoms with Gasteiger partial charge < -0.3 is 11.1 Å². The maximum absolute atomic E-state index is 12.3. The summed E-state index contributed by atoms with van der Waals surface area (Å²) in [5.74, 6) is -0.0559. The molecule has 0 bridgehead atoms. The number of carbonyl (C=O) groups is 1. The molecule has 1 unspecified atom stereocenters. The fraction of sp³-hybridized carbons (Fsp3) is 0.533. The second-order valence-electron chi connectivity index (χ2n) is 5.43. The smallest absolute Gasteiger partial charge is 0.240 e. The van der Waals surface area contributed by atoms with Crippen LogP contribution in [0.15, 0.2) is 24.3 Å². The summed E-state index contributed by atoms with van der Waals surface area (Å²) in [6.45, 7) is 1.94. The minimum Gasteiger partial charge on any atom is -0.348 e. The predicted octanol–water partition coefficient (Wildman–Crippen LogP) is 3.18. The predicted molar refractivity (Wildman–Crippen MR) is 78.0 cm³/mol. The maximum atomic E-state index is 12.3. The third kappa shape index (κ3) is 3.28. The maximum Gasteiger partial charge on any atom is 0.240 e. The lowest BCUT2D eigenvalue weighted by atomic mass is 9.81. The number of hydrogen-bond acceptors (Lipinski definition) is 2. The first-order valence-electron chi connectivity index (χ1n) is 6.87. The molecule has 1 fully saturated rings. The molecular formula is C15H21ClN2O. The Morgan fingerprint density at radius 2 is 1.95 bits per heavy atom. The van der Waals surface area contributed by atoms with Crippen LogP contribution in [0.2, 0.25) is 5.02 Å². The molecule has 104 valence electrons. The van der Waals surface area contributed by atoms with E-state index in [1.807, 2.05) is 31.2 Å². The highest BCUT2D eigenvalue weighted by Gasteiger charge is 2.35. The van der Waals surface area contributed by atoms with Gasteiger partial charge in [-0.25, -0.2) is 0 Å². The fourth-order valence-electron chi connectivity index (χ4n) is 2.65. The highest BCUT2D eigenvalue weighted by Crippen LogP contribution is 2.28. The highest BCUT2D eigenvalue weighted by atomic mass is 35.5. The molecule has 2 rings (SSSR count). The van der Waals surface area contributed by atoms with Crippen molar-refractivity contribution in [1.82, 2.24) is 5.32 Å². The first-order valence-corrected chi connectivity index (χ1v) is 7.25. The average molecular weight is 281 g/mol. The normalized spacial score (nSPS) is 19.7. The van der Waals surface area contributed by atoms with Crippen molar-refractivity contribution in [2.75, 3.05) is 0 Å². The lowest BCUT2D eigenvalue weighted by Gasteiger charge is -2.33. The van der Waals surface area contributed by atoms with Gasteiger partial charge >= 0.3 is 0 Å². The first-order chi connectivity index (χ1) is 9.03. The lowest BCUT2D eigenvalue weighted by molar-refractivity contribution is -0.128. The zero-order chi connectivity index (χ0) is 13.9. The molecule has 0 saturated heterocycles. The summed E-state index contributed by atoms with van der Waals surface area (Å²) in [5, 5.41) is 3.67. The molecule has 1 aliphatic carbocycles. The Bertz CT molecular complexity index is 455. The van der Waals surface area contributed by atoms with Crippen LogP contribution in [0.5, 0.6) is 0 Å². The quantitative estimate of drug-likeness (QED) is 0.893. The summed E-state index contributed by atoms with van der Waals surface area (Å²) in [5.41, 5.74) is 6.45. The molecule has 3 N–H and O–H groups in total. The van der Waals surface area contributed by atoms with Crippen molar-refractivity contribution in [3.8, 4) is 0 Å². The van der Waals surface area contributed by atoms with Crippen molar-refractivity contribution in [1.29, 1.82) is 0 Å². The van der Waals surface area contributed by atoms with E-state index in [1.54, 1.807) is 0 Å². The summed E-state index contributed by atoms with van der Waals surface area (Å²) < 4.78 is 0. The van der Waals surface area contributed by atoms with Gasteiger partial charge in [0.2, 0.25) is 5.91 Å². The van der Waals surface area contributed by atoms with E-state index in [0.29, 0.717) is 5.02 Å². The van der Waals surface area contributed by atoms with Gasteiger partial charge in [0.25, 0.3) is 0 Å². The Kier molecular flexibility index (Phi) is 4.48. The molecule has 4 heteroatoms. The van der Waals surface area contributed by atoms with Crippen LogP contribution in [-0.4, -0.2) is 11.4 Å². The number of nitrogens with one attached hydrogen (secondary N) is 1. The van der Waals surface area contributed by atoms with Crippen LogP contribution >= 0.6 is 11.6 Å². The monoisotopic (exact) mass is 280 g/mol. The number of benzene rings is 1. The molecule has 0 radical (unpaired) electrons. The van der Waals surface area contributed by atoms with Crippen molar-refractivity contribution in [3.05, 3.63) is 34.9 Å². The third-order valence-electron chi connectivity index (χ3n) is 3.92. The zero-order valence-corrected chi connectivity index (χ0v) is 12.0. The highest BCUT2D eigenvalue weighted by molar-refractivity contribution is 6.31. The molecule has 1 amide bonds. The molecule has 0 aliphatic heterocycles. The Balaban J connectivity index is 2.04. The average Bonchev–Trinajstić information content (AvgIpc) is 2.40. The van der Waals surface area contributed by atoms with Crippen molar-refractivity contribution < 1.29 is 4.79 Å². The van der Waals surface area contributed by atoms with Crippen LogP contribution in [-0.2, 0) is 4.79 Å². The van der Waals surface area contributed by atoms with Crippen molar-refractivity contribution in [2.24, 2.45) is 5.73 Å². The molecule has 1 aliphatic rings. The van der Waals surface area contributed by atoms with E-state index >= 15 is 0 Å². The van der Waals surface area contributed by atoms with E-state index in [1.165, 1.54) is 6.42 Å². The van der Waals surface area contributed by atoms with Crippen LogP contribution in [0.3, 0.4) is 0 Å². The topological polar surface area (TPSA) is 55.1 Å². The zero-order valence-electron chi connectivity index (χ0n) is 11.3. The summed E-state index contributed by atoms with van der Waals surface area (Å²) in [6.07, 6.45) is 4.78. The van der Waals surface area contributed by atoms with Crippen LogP contribution in [0, 0.1) is 0 Å². The summed E-state index contributed by atoms with van der Waals surface area (Å²) in [4.78, 5) is 12.3. The van der Waals surface area contributed by atoms with Gasteiger partial charge in [0.15, 0.2) is 0 Å². The Morgan fingerprint density at radius 3 is 2.58 bits per heavy atom. The number of hydrogen-bond donors (Lipinski definition) is 2. The fourth-order valence-corrected chi connectivity index (χ4v) is 2.95. The molecule has 1 saturated carbocycles. The summed E-state index contributed by atoms with van der Waals surface area (Å²) in [6, 6.07) is 7.44. The van der Waals surface area contributed by atoms with Gasteiger partial charge in [0.05, 0.1) is 11.6 Å². The summed E-state index contributed by atoms with van der Waals surface area (Å²) >= 11 is 6.14. The molecule has 3 nitrogen and oxygen atoms in total. The second kappa shape index (κ2) is 5.93. The molecule has 1 aromatic rings. The number of carbonyl (C=O) groups excluding carboxylic acids is 1. The van der Waals surface area contributed by atoms with Crippen molar-refractivity contribution in [2.45, 2.75) is 50.6 Å². The minimum absolute atomic E-state index is 0.0559. The molecule has 0 spiro atoms. The Labute approximate surface area is 119 Å². The van der Waals surface area contributed by atoms with Crippen molar-refractivity contribution >= 4 is 17.5 Å². The van der Waals surface area contributed by atoms with Gasteiger partial charge in [-0.15, -0.1) is 0 Å². The largest absolute Gasteiger partial charge is 0.348 e. The number of nitrogens with two attached hydrogens (primary N) is 1. The third-order valence-corrected chi connectivity index (χ3v) is 4.26. The van der Waals surface area contributed by atoms with Gasteiger partial charge in [-0.2, -0.15) is 0 Å². The van der Waals surface area contributed by atoms with Gasteiger partial charge in [-0.3, -0.25) is 4.79 Å². The van der Waals surface area contributed by atoms with Crippen LogP contribution in [0.25, 0.3) is 0 Å². The Morgan fingerprint density at radius 1 is 1.32 bits per heavy atom.